The van der Waals surface area contributed by atoms with Crippen LogP contribution in [0.2, 0.25) is 0 Å². The van der Waals surface area contributed by atoms with E-state index >= 15 is 0 Å². The van der Waals surface area contributed by atoms with Crippen LogP contribution in [0.15, 0.2) is 41.8 Å². The van der Waals surface area contributed by atoms with Gasteiger partial charge < -0.3 is 10.1 Å². The summed E-state index contributed by atoms with van der Waals surface area (Å²) in [6.45, 7) is 4.04. The lowest BCUT2D eigenvalue weighted by molar-refractivity contribution is 0.0875. The molecule has 0 bridgehead atoms. The molecule has 1 aromatic carbocycles. The maximum Gasteiger partial charge on any atom is 0.335 e. The molecule has 0 saturated heterocycles. The number of hydrogen-bond donors (Lipinski definition) is 2. The van der Waals surface area contributed by atoms with Gasteiger partial charge in [-0.05, 0) is 56.4 Å². The standard InChI is InChI=1S/C19H22FN7O3S/c1-11(2)27-10-24-19(26-27)30-14-5-12(6-14)13-8-22-18(23-9-13)25-17-4-3-15(7-16(17)20)31(21,28)29/h3-4,7-12,14H,5-6H2,1-2H3,(H2,21,28,29)(H,22,23,25). The number of primary sulfonamides is 1. The van der Waals surface area contributed by atoms with Gasteiger partial charge in [0, 0.05) is 18.4 Å². The Kier molecular flexibility index (Phi) is 5.58. The summed E-state index contributed by atoms with van der Waals surface area (Å²) in [7, 11) is -3.97. The van der Waals surface area contributed by atoms with Crippen LogP contribution in [0.25, 0.3) is 0 Å². The third kappa shape index (κ3) is 4.80. The number of sulfonamides is 1. The van der Waals surface area contributed by atoms with E-state index in [0.717, 1.165) is 24.5 Å². The van der Waals surface area contributed by atoms with E-state index in [0.29, 0.717) is 6.01 Å². The zero-order valence-corrected chi connectivity index (χ0v) is 17.8. The average molecular weight is 447 g/mol. The van der Waals surface area contributed by atoms with E-state index in [-0.39, 0.29) is 34.6 Å². The minimum absolute atomic E-state index is 0.0391. The molecule has 10 nitrogen and oxygen atoms in total. The van der Waals surface area contributed by atoms with Gasteiger partial charge in [0.2, 0.25) is 16.0 Å². The fraction of sp³-hybridized carbons (Fsp3) is 0.368. The Morgan fingerprint density at radius 3 is 2.52 bits per heavy atom. The van der Waals surface area contributed by atoms with Gasteiger partial charge in [-0.3, -0.25) is 0 Å². The second-order valence-corrected chi connectivity index (χ2v) is 9.22. The SMILES string of the molecule is CC(C)n1cnc(OC2CC(c3cnc(Nc4ccc(S(N)(=O)=O)cc4F)nc3)C2)n1. The van der Waals surface area contributed by atoms with Crippen LogP contribution in [0.4, 0.5) is 16.0 Å². The van der Waals surface area contributed by atoms with Crippen LogP contribution in [-0.4, -0.2) is 39.3 Å². The Morgan fingerprint density at radius 1 is 1.23 bits per heavy atom. The van der Waals surface area contributed by atoms with Crippen LogP contribution < -0.4 is 15.2 Å². The van der Waals surface area contributed by atoms with Crippen LogP contribution in [-0.2, 0) is 10.0 Å². The number of halogens is 1. The van der Waals surface area contributed by atoms with Crippen LogP contribution in [0.5, 0.6) is 6.01 Å². The summed E-state index contributed by atoms with van der Waals surface area (Å²) >= 11 is 0. The summed E-state index contributed by atoms with van der Waals surface area (Å²) in [5.74, 6) is -0.315. The Bertz CT molecular complexity index is 1180. The molecule has 2 aromatic heterocycles. The normalized spacial score (nSPS) is 18.6. The topological polar surface area (TPSA) is 138 Å². The van der Waals surface area contributed by atoms with E-state index in [2.05, 4.69) is 25.4 Å². The zero-order chi connectivity index (χ0) is 22.2. The van der Waals surface area contributed by atoms with E-state index in [1.807, 2.05) is 13.8 Å². The molecule has 31 heavy (non-hydrogen) atoms. The molecule has 164 valence electrons. The number of anilines is 2. The summed E-state index contributed by atoms with van der Waals surface area (Å²) in [5, 5.41) is 12.0. The first kappa shape index (κ1) is 21.1. The van der Waals surface area contributed by atoms with Gasteiger partial charge in [-0.2, -0.15) is 4.98 Å². The van der Waals surface area contributed by atoms with Crippen molar-refractivity contribution in [2.45, 2.75) is 49.6 Å². The van der Waals surface area contributed by atoms with E-state index in [4.69, 9.17) is 9.88 Å². The number of ether oxygens (including phenoxy) is 1. The molecule has 1 aliphatic carbocycles. The fourth-order valence-corrected chi connectivity index (χ4v) is 3.68. The summed E-state index contributed by atoms with van der Waals surface area (Å²) in [5.41, 5.74) is 1.00. The van der Waals surface area contributed by atoms with Crippen molar-refractivity contribution in [3.8, 4) is 6.01 Å². The van der Waals surface area contributed by atoms with Gasteiger partial charge >= 0.3 is 6.01 Å². The third-order valence-corrected chi connectivity index (χ3v) is 5.95. The number of nitrogens with zero attached hydrogens (tertiary/aromatic N) is 5. The van der Waals surface area contributed by atoms with Crippen LogP contribution in [0, 0.1) is 5.82 Å². The molecule has 0 spiro atoms. The second kappa shape index (κ2) is 8.19. The van der Waals surface area contributed by atoms with Crippen molar-refractivity contribution in [3.63, 3.8) is 0 Å². The summed E-state index contributed by atoms with van der Waals surface area (Å²) in [4.78, 5) is 12.3. The van der Waals surface area contributed by atoms with E-state index in [1.165, 1.54) is 12.1 Å². The molecule has 0 aliphatic heterocycles. The first-order valence-corrected chi connectivity index (χ1v) is 11.2. The Labute approximate surface area is 178 Å². The molecule has 1 fully saturated rings. The average Bonchev–Trinajstić information content (AvgIpc) is 3.15. The van der Waals surface area contributed by atoms with Crippen molar-refractivity contribution in [1.82, 2.24) is 24.7 Å². The molecular weight excluding hydrogens is 425 g/mol. The van der Waals surface area contributed by atoms with Gasteiger partial charge in [0.05, 0.1) is 10.6 Å². The van der Waals surface area contributed by atoms with E-state index < -0.39 is 15.8 Å². The predicted octanol–water partition coefficient (Wildman–Crippen LogP) is 2.50. The van der Waals surface area contributed by atoms with Crippen molar-refractivity contribution in [2.75, 3.05) is 5.32 Å². The van der Waals surface area contributed by atoms with E-state index in [1.54, 1.807) is 23.4 Å². The summed E-state index contributed by atoms with van der Waals surface area (Å²) in [6, 6.07) is 3.93. The molecule has 0 radical (unpaired) electrons. The molecule has 12 heteroatoms. The van der Waals surface area contributed by atoms with Gasteiger partial charge in [0.1, 0.15) is 18.2 Å². The van der Waals surface area contributed by atoms with Crippen LogP contribution in [0.3, 0.4) is 0 Å². The summed E-state index contributed by atoms with van der Waals surface area (Å²) in [6.07, 6.45) is 6.65. The molecule has 0 amide bonds. The zero-order valence-electron chi connectivity index (χ0n) is 16.9. The lowest BCUT2D eigenvalue weighted by atomic mass is 9.78. The summed E-state index contributed by atoms with van der Waals surface area (Å²) < 4.78 is 44.3. The fourth-order valence-electron chi connectivity index (χ4n) is 3.15. The first-order valence-electron chi connectivity index (χ1n) is 9.68. The Hall–Kier alpha value is -3.12. The number of aromatic nitrogens is 5. The quantitative estimate of drug-likeness (QED) is 0.563. The second-order valence-electron chi connectivity index (χ2n) is 7.66. The molecule has 1 aliphatic rings. The van der Waals surface area contributed by atoms with Crippen molar-refractivity contribution < 1.29 is 17.5 Å². The number of hydrogen-bond acceptors (Lipinski definition) is 8. The van der Waals surface area contributed by atoms with Gasteiger partial charge in [-0.1, -0.05) is 0 Å². The monoisotopic (exact) mass is 447 g/mol. The minimum Gasteiger partial charge on any atom is -0.459 e. The highest BCUT2D eigenvalue weighted by atomic mass is 32.2. The highest BCUT2D eigenvalue weighted by molar-refractivity contribution is 7.89. The molecule has 2 heterocycles. The molecule has 0 unspecified atom stereocenters. The molecule has 3 N–H and O–H groups in total. The lowest BCUT2D eigenvalue weighted by Crippen LogP contribution is -2.32. The highest BCUT2D eigenvalue weighted by Crippen LogP contribution is 2.38. The number of rotatable bonds is 7. The number of nitrogens with two attached hydrogens (primary N) is 1. The molecule has 0 atom stereocenters. The highest BCUT2D eigenvalue weighted by Gasteiger charge is 2.33. The van der Waals surface area contributed by atoms with Gasteiger partial charge in [0.15, 0.2) is 0 Å². The van der Waals surface area contributed by atoms with Gasteiger partial charge in [0.25, 0.3) is 0 Å². The van der Waals surface area contributed by atoms with Gasteiger partial charge in [-0.15, -0.1) is 5.10 Å². The predicted molar refractivity (Wildman–Crippen MR) is 110 cm³/mol. The Morgan fingerprint density at radius 2 is 1.94 bits per heavy atom. The van der Waals surface area contributed by atoms with Crippen molar-refractivity contribution in [1.29, 1.82) is 0 Å². The van der Waals surface area contributed by atoms with Crippen LogP contribution in [0.1, 0.15) is 44.2 Å². The van der Waals surface area contributed by atoms with E-state index in [9.17, 15) is 12.8 Å². The van der Waals surface area contributed by atoms with Crippen molar-refractivity contribution in [2.24, 2.45) is 5.14 Å². The maximum absolute atomic E-state index is 14.1. The maximum atomic E-state index is 14.1. The van der Waals surface area contributed by atoms with Crippen LogP contribution >= 0.6 is 0 Å². The third-order valence-electron chi connectivity index (χ3n) is 5.04. The smallest absolute Gasteiger partial charge is 0.335 e. The largest absolute Gasteiger partial charge is 0.459 e. The number of benzene rings is 1. The lowest BCUT2D eigenvalue weighted by Gasteiger charge is -2.34. The molecular formula is C19H22FN7O3S. The minimum atomic E-state index is -3.97. The molecule has 3 aromatic rings. The molecule has 1 saturated carbocycles. The van der Waals surface area contributed by atoms with Crippen molar-refractivity contribution in [3.05, 3.63) is 48.3 Å². The Balaban J connectivity index is 1.33. The molecule has 4 rings (SSSR count). The van der Waals surface area contributed by atoms with Gasteiger partial charge in [-0.25, -0.2) is 32.6 Å². The number of nitrogens with one attached hydrogen (secondary N) is 1. The first-order chi connectivity index (χ1) is 14.7. The van der Waals surface area contributed by atoms with Crippen molar-refractivity contribution >= 4 is 21.7 Å².